The van der Waals surface area contributed by atoms with E-state index in [0.29, 0.717) is 5.92 Å². The lowest BCUT2D eigenvalue weighted by Crippen LogP contribution is -2.09. The minimum absolute atomic E-state index is 0.0208. The molecule has 0 nitrogen and oxygen atoms in total. The lowest BCUT2D eigenvalue weighted by atomic mass is 9.88. The number of hydrogen-bond donors (Lipinski definition) is 0. The molecule has 0 fully saturated rings. The fourth-order valence-electron chi connectivity index (χ4n) is 1.21. The molecule has 0 aromatic carbocycles. The maximum Gasteiger partial charge on any atom is 0.104 e. The monoisotopic (exact) mass is 140 g/mol. The van der Waals surface area contributed by atoms with Crippen molar-refractivity contribution in [1.29, 1.82) is 0 Å². The second-order valence-corrected chi connectivity index (χ2v) is 3.09. The van der Waals surface area contributed by atoms with Crippen LogP contribution < -0.4 is 0 Å². The molecule has 0 aromatic rings. The molecule has 1 aliphatic rings. The van der Waals surface area contributed by atoms with Gasteiger partial charge in [-0.2, -0.15) is 0 Å². The van der Waals surface area contributed by atoms with Crippen LogP contribution in [0.4, 0.5) is 4.39 Å². The van der Waals surface area contributed by atoms with Gasteiger partial charge in [0.15, 0.2) is 0 Å². The summed E-state index contributed by atoms with van der Waals surface area (Å²) in [4.78, 5) is 0. The molecule has 0 aromatic heterocycles. The van der Waals surface area contributed by atoms with Crippen LogP contribution in [0.1, 0.15) is 20.8 Å². The number of allylic oxidation sites excluding steroid dienone is 4. The van der Waals surface area contributed by atoms with E-state index in [1.807, 2.05) is 20.8 Å². The van der Waals surface area contributed by atoms with E-state index in [0.717, 1.165) is 5.57 Å². The Balaban J connectivity index is 2.85. The van der Waals surface area contributed by atoms with Crippen LogP contribution in [-0.4, -0.2) is 0 Å². The second kappa shape index (κ2) is 2.57. The van der Waals surface area contributed by atoms with Gasteiger partial charge in [-0.1, -0.05) is 25.5 Å². The Kier molecular flexibility index (Phi) is 1.93. The first-order chi connectivity index (χ1) is 4.61. The van der Waals surface area contributed by atoms with Crippen molar-refractivity contribution in [1.82, 2.24) is 0 Å². The van der Waals surface area contributed by atoms with Gasteiger partial charge in [-0.25, -0.2) is 4.39 Å². The summed E-state index contributed by atoms with van der Waals surface area (Å²) in [5.74, 6) is 0.446. The molecule has 56 valence electrons. The number of halogens is 1. The Morgan fingerprint density at radius 2 is 2.00 bits per heavy atom. The highest BCUT2D eigenvalue weighted by Gasteiger charge is 2.18. The zero-order valence-electron chi connectivity index (χ0n) is 6.69. The predicted molar refractivity (Wildman–Crippen MR) is 41.3 cm³/mol. The van der Waals surface area contributed by atoms with Crippen molar-refractivity contribution in [2.75, 3.05) is 0 Å². The normalized spacial score (nSPS) is 33.2. The van der Waals surface area contributed by atoms with Crippen LogP contribution >= 0.6 is 0 Å². The quantitative estimate of drug-likeness (QED) is 0.485. The van der Waals surface area contributed by atoms with Gasteiger partial charge in [0, 0.05) is 5.92 Å². The highest BCUT2D eigenvalue weighted by Crippen LogP contribution is 2.28. The highest BCUT2D eigenvalue weighted by atomic mass is 19.1. The van der Waals surface area contributed by atoms with Crippen molar-refractivity contribution in [3.8, 4) is 0 Å². The van der Waals surface area contributed by atoms with Crippen molar-refractivity contribution in [3.63, 3.8) is 0 Å². The van der Waals surface area contributed by atoms with Crippen LogP contribution in [0.25, 0.3) is 0 Å². The minimum Gasteiger partial charge on any atom is -0.212 e. The molecule has 0 spiro atoms. The summed E-state index contributed by atoms with van der Waals surface area (Å²) in [6.45, 7) is 5.89. The van der Waals surface area contributed by atoms with Gasteiger partial charge in [0.05, 0.1) is 0 Å². The topological polar surface area (TPSA) is 0 Å². The first-order valence-electron chi connectivity index (χ1n) is 3.67. The summed E-state index contributed by atoms with van der Waals surface area (Å²) in [5, 5.41) is 0. The molecule has 0 bridgehead atoms. The molecule has 0 radical (unpaired) electrons. The Morgan fingerprint density at radius 1 is 1.40 bits per heavy atom. The molecule has 0 heterocycles. The standard InChI is InChI=1S/C9H13F/c1-6-4-7(2)8(3)9(10)5-6/h4-5,7-8H,1-3H3/t7-,8?/m1/s1. The third-order valence-electron chi connectivity index (χ3n) is 2.12. The molecular weight excluding hydrogens is 127 g/mol. The molecule has 0 aliphatic heterocycles. The molecule has 1 unspecified atom stereocenters. The maximum absolute atomic E-state index is 12.9. The van der Waals surface area contributed by atoms with Crippen molar-refractivity contribution in [2.24, 2.45) is 11.8 Å². The fourth-order valence-corrected chi connectivity index (χ4v) is 1.21. The minimum atomic E-state index is 0.0208. The Hall–Kier alpha value is -0.590. The van der Waals surface area contributed by atoms with Crippen LogP contribution in [0.3, 0.4) is 0 Å². The van der Waals surface area contributed by atoms with Crippen LogP contribution in [0.2, 0.25) is 0 Å². The Bertz CT molecular complexity index is 189. The second-order valence-electron chi connectivity index (χ2n) is 3.09. The van der Waals surface area contributed by atoms with Crippen LogP contribution in [0, 0.1) is 11.8 Å². The molecule has 0 amide bonds. The lowest BCUT2D eigenvalue weighted by Gasteiger charge is -2.19. The van der Waals surface area contributed by atoms with E-state index >= 15 is 0 Å². The Labute approximate surface area is 61.4 Å². The van der Waals surface area contributed by atoms with E-state index in [9.17, 15) is 4.39 Å². The molecule has 0 saturated carbocycles. The molecule has 0 saturated heterocycles. The van der Waals surface area contributed by atoms with Crippen molar-refractivity contribution in [2.45, 2.75) is 20.8 Å². The van der Waals surface area contributed by atoms with Gasteiger partial charge in [0.2, 0.25) is 0 Å². The van der Waals surface area contributed by atoms with E-state index in [-0.39, 0.29) is 11.7 Å². The summed E-state index contributed by atoms with van der Waals surface area (Å²) in [6, 6.07) is 0. The van der Waals surface area contributed by atoms with Gasteiger partial charge in [0.25, 0.3) is 0 Å². The molecule has 1 heteroatoms. The predicted octanol–water partition coefficient (Wildman–Crippen LogP) is 3.07. The summed E-state index contributed by atoms with van der Waals surface area (Å²) in [5.41, 5.74) is 1.04. The van der Waals surface area contributed by atoms with E-state index < -0.39 is 0 Å². The third-order valence-corrected chi connectivity index (χ3v) is 2.12. The van der Waals surface area contributed by atoms with Gasteiger partial charge in [-0.05, 0) is 18.9 Å². The molecule has 1 rings (SSSR count). The fraction of sp³-hybridized carbons (Fsp3) is 0.556. The average Bonchev–Trinajstić information content (AvgIpc) is 1.82. The van der Waals surface area contributed by atoms with Crippen molar-refractivity contribution >= 4 is 0 Å². The van der Waals surface area contributed by atoms with E-state index in [1.54, 1.807) is 6.08 Å². The van der Waals surface area contributed by atoms with Crippen LogP contribution in [-0.2, 0) is 0 Å². The number of hydrogen-bond acceptors (Lipinski definition) is 0. The van der Waals surface area contributed by atoms with Gasteiger partial charge < -0.3 is 0 Å². The Morgan fingerprint density at radius 3 is 2.50 bits per heavy atom. The van der Waals surface area contributed by atoms with E-state index in [2.05, 4.69) is 6.08 Å². The first kappa shape index (κ1) is 7.52. The molecular formula is C9H13F. The number of rotatable bonds is 0. The molecule has 1 aliphatic carbocycles. The van der Waals surface area contributed by atoms with Crippen molar-refractivity contribution < 1.29 is 4.39 Å². The molecule has 0 N–H and O–H groups in total. The van der Waals surface area contributed by atoms with Gasteiger partial charge in [-0.3, -0.25) is 0 Å². The summed E-state index contributed by atoms with van der Waals surface area (Å²) in [6.07, 6.45) is 3.72. The third kappa shape index (κ3) is 1.28. The average molecular weight is 140 g/mol. The molecule has 10 heavy (non-hydrogen) atoms. The SMILES string of the molecule is CC1=C[C@@H](C)C(C)C(F)=C1. The largest absolute Gasteiger partial charge is 0.212 e. The first-order valence-corrected chi connectivity index (χ1v) is 3.67. The van der Waals surface area contributed by atoms with Gasteiger partial charge in [0.1, 0.15) is 5.83 Å². The summed E-state index contributed by atoms with van der Waals surface area (Å²) >= 11 is 0. The maximum atomic E-state index is 12.9. The van der Waals surface area contributed by atoms with Gasteiger partial charge >= 0.3 is 0 Å². The van der Waals surface area contributed by atoms with Crippen molar-refractivity contribution in [3.05, 3.63) is 23.6 Å². The summed E-state index contributed by atoms with van der Waals surface area (Å²) in [7, 11) is 0. The molecule has 2 atom stereocenters. The van der Waals surface area contributed by atoms with Crippen LogP contribution in [0.5, 0.6) is 0 Å². The van der Waals surface area contributed by atoms with Gasteiger partial charge in [-0.15, -0.1) is 0 Å². The zero-order chi connectivity index (χ0) is 7.72. The smallest absolute Gasteiger partial charge is 0.104 e. The van der Waals surface area contributed by atoms with Crippen LogP contribution in [0.15, 0.2) is 23.6 Å². The van der Waals surface area contributed by atoms with E-state index in [4.69, 9.17) is 0 Å². The van der Waals surface area contributed by atoms with E-state index in [1.165, 1.54) is 0 Å². The lowest BCUT2D eigenvalue weighted by molar-refractivity contribution is 0.414. The zero-order valence-corrected chi connectivity index (χ0v) is 6.69. The summed E-state index contributed by atoms with van der Waals surface area (Å²) < 4.78 is 12.9. The highest BCUT2D eigenvalue weighted by molar-refractivity contribution is 5.25.